The minimum absolute atomic E-state index is 0.111. The standard InChI is InChI=1S/C26H47NO5Si/c1-18(2)33(19(3)4,20(5)6)32-22(16-28)25(29-9)24(23-17-30-26(7,8)31-23)27-15-21-13-11-10-12-14-21/h10-14,18-20,22-25,27-28H,15-17H2,1-9H3/t22-,23-,24+,25+/m1/s1. The Bertz CT molecular complexity index is 675. The van der Waals surface area contributed by atoms with Crippen molar-refractivity contribution >= 4 is 8.32 Å². The molecule has 1 aliphatic heterocycles. The minimum atomic E-state index is -2.23. The number of ether oxygens (including phenoxy) is 3. The third-order valence-corrected chi connectivity index (χ3v) is 13.2. The maximum absolute atomic E-state index is 10.5. The van der Waals surface area contributed by atoms with Crippen LogP contribution in [0.2, 0.25) is 16.6 Å². The summed E-state index contributed by atoms with van der Waals surface area (Å²) in [6, 6.07) is 10.1. The van der Waals surface area contributed by atoms with Crippen LogP contribution in [0.15, 0.2) is 30.3 Å². The molecule has 4 atom stereocenters. The number of hydrogen-bond donors (Lipinski definition) is 2. The molecular weight excluding hydrogens is 434 g/mol. The molecule has 7 heteroatoms. The van der Waals surface area contributed by atoms with Gasteiger partial charge in [0, 0.05) is 13.7 Å². The summed E-state index contributed by atoms with van der Waals surface area (Å²) in [5, 5.41) is 14.2. The molecule has 0 spiro atoms. The second-order valence-electron chi connectivity index (χ2n) is 10.6. The monoisotopic (exact) mass is 481 g/mol. The van der Waals surface area contributed by atoms with Crippen molar-refractivity contribution in [2.75, 3.05) is 20.3 Å². The van der Waals surface area contributed by atoms with E-state index in [1.165, 1.54) is 5.56 Å². The van der Waals surface area contributed by atoms with Gasteiger partial charge in [-0.25, -0.2) is 0 Å². The molecule has 1 aromatic rings. The molecule has 0 saturated carbocycles. The van der Waals surface area contributed by atoms with Crippen LogP contribution in [-0.2, 0) is 25.2 Å². The highest BCUT2D eigenvalue weighted by atomic mass is 28.4. The fourth-order valence-corrected chi connectivity index (χ4v) is 11.1. The molecule has 0 amide bonds. The van der Waals surface area contributed by atoms with Gasteiger partial charge in [0.05, 0.1) is 25.4 Å². The number of nitrogens with one attached hydrogen (secondary N) is 1. The summed E-state index contributed by atoms with van der Waals surface area (Å²) >= 11 is 0. The molecule has 1 fully saturated rings. The second-order valence-corrected chi connectivity index (χ2v) is 16.0. The first-order chi connectivity index (χ1) is 15.5. The smallest absolute Gasteiger partial charge is 0.201 e. The van der Waals surface area contributed by atoms with Crippen molar-refractivity contribution < 1.29 is 23.7 Å². The number of benzene rings is 1. The average molecular weight is 482 g/mol. The van der Waals surface area contributed by atoms with Gasteiger partial charge >= 0.3 is 0 Å². The first-order valence-corrected chi connectivity index (χ1v) is 14.5. The van der Waals surface area contributed by atoms with Crippen LogP contribution in [0.3, 0.4) is 0 Å². The van der Waals surface area contributed by atoms with Gasteiger partial charge in [-0.2, -0.15) is 0 Å². The Morgan fingerprint density at radius 3 is 2.06 bits per heavy atom. The molecule has 1 aliphatic rings. The van der Waals surface area contributed by atoms with Crippen LogP contribution in [0.4, 0.5) is 0 Å². The van der Waals surface area contributed by atoms with Gasteiger partial charge < -0.3 is 29.1 Å². The Hall–Kier alpha value is -0.803. The van der Waals surface area contributed by atoms with Crippen molar-refractivity contribution in [1.82, 2.24) is 5.32 Å². The van der Waals surface area contributed by atoms with Gasteiger partial charge in [0.25, 0.3) is 0 Å². The van der Waals surface area contributed by atoms with Crippen molar-refractivity contribution in [3.63, 3.8) is 0 Å². The zero-order chi connectivity index (χ0) is 24.8. The number of aliphatic hydroxyl groups excluding tert-OH is 1. The van der Waals surface area contributed by atoms with E-state index in [-0.39, 0.29) is 18.8 Å². The summed E-state index contributed by atoms with van der Waals surface area (Å²) in [5.74, 6) is -0.655. The van der Waals surface area contributed by atoms with Crippen LogP contribution >= 0.6 is 0 Å². The van der Waals surface area contributed by atoms with E-state index < -0.39 is 26.3 Å². The fraction of sp³-hybridized carbons (Fsp3) is 0.769. The van der Waals surface area contributed by atoms with Crippen LogP contribution in [0, 0.1) is 0 Å². The Kier molecular flexibility index (Phi) is 10.6. The molecule has 1 saturated heterocycles. The molecule has 2 rings (SSSR count). The summed E-state index contributed by atoms with van der Waals surface area (Å²) in [7, 11) is -0.538. The van der Waals surface area contributed by atoms with E-state index in [1.807, 2.05) is 32.0 Å². The Morgan fingerprint density at radius 2 is 1.64 bits per heavy atom. The molecule has 33 heavy (non-hydrogen) atoms. The number of methoxy groups -OCH3 is 1. The van der Waals surface area contributed by atoms with Crippen molar-refractivity contribution in [1.29, 1.82) is 0 Å². The Morgan fingerprint density at radius 1 is 1.06 bits per heavy atom. The molecule has 2 N–H and O–H groups in total. The van der Waals surface area contributed by atoms with Crippen LogP contribution in [-0.4, -0.2) is 63.9 Å². The van der Waals surface area contributed by atoms with Crippen LogP contribution in [0.25, 0.3) is 0 Å². The largest absolute Gasteiger partial charge is 0.408 e. The normalized spacial score (nSPS) is 21.7. The molecule has 1 aromatic carbocycles. The molecule has 190 valence electrons. The Labute approximate surface area is 202 Å². The van der Waals surface area contributed by atoms with Gasteiger partial charge in [-0.15, -0.1) is 0 Å². The summed E-state index contributed by atoms with van der Waals surface area (Å²) < 4.78 is 25.2. The van der Waals surface area contributed by atoms with Gasteiger partial charge in [0.2, 0.25) is 8.32 Å². The predicted octanol–water partition coefficient (Wildman–Crippen LogP) is 4.86. The molecule has 0 aromatic heterocycles. The minimum Gasteiger partial charge on any atom is -0.408 e. The third kappa shape index (κ3) is 6.87. The highest BCUT2D eigenvalue weighted by Gasteiger charge is 2.50. The predicted molar refractivity (Wildman–Crippen MR) is 136 cm³/mol. The lowest BCUT2D eigenvalue weighted by atomic mass is 9.99. The molecule has 0 radical (unpaired) electrons. The molecule has 0 bridgehead atoms. The average Bonchev–Trinajstić information content (AvgIpc) is 3.12. The van der Waals surface area contributed by atoms with E-state index >= 15 is 0 Å². The topological polar surface area (TPSA) is 69.2 Å². The zero-order valence-corrected chi connectivity index (χ0v) is 23.1. The zero-order valence-electron chi connectivity index (χ0n) is 22.1. The first-order valence-electron chi connectivity index (χ1n) is 12.4. The molecule has 0 aliphatic carbocycles. The van der Waals surface area contributed by atoms with Crippen LogP contribution < -0.4 is 5.32 Å². The van der Waals surface area contributed by atoms with Crippen molar-refractivity contribution in [3.8, 4) is 0 Å². The van der Waals surface area contributed by atoms with E-state index in [0.29, 0.717) is 29.8 Å². The molecule has 0 unspecified atom stereocenters. The Balaban J connectivity index is 2.35. The van der Waals surface area contributed by atoms with Crippen molar-refractivity contribution in [2.45, 2.75) is 109 Å². The first kappa shape index (κ1) is 28.4. The quantitative estimate of drug-likeness (QED) is 0.392. The third-order valence-electron chi connectivity index (χ3n) is 7.05. The van der Waals surface area contributed by atoms with Crippen molar-refractivity contribution in [3.05, 3.63) is 35.9 Å². The van der Waals surface area contributed by atoms with Gasteiger partial charge in [-0.3, -0.25) is 0 Å². The highest BCUT2D eigenvalue weighted by Crippen LogP contribution is 2.43. The van der Waals surface area contributed by atoms with Crippen LogP contribution in [0.1, 0.15) is 61.0 Å². The SMILES string of the molecule is CO[C@H]([C@@H](NCc1ccccc1)[C@H]1COC(C)(C)O1)[C@@H](CO)O[Si](C(C)C)(C(C)C)C(C)C. The number of hydrogen-bond acceptors (Lipinski definition) is 6. The molecular formula is C26H47NO5Si. The second kappa shape index (κ2) is 12.2. The van der Waals surface area contributed by atoms with Crippen LogP contribution in [0.5, 0.6) is 0 Å². The summed E-state index contributed by atoms with van der Waals surface area (Å²) in [5.41, 5.74) is 2.40. The van der Waals surface area contributed by atoms with E-state index in [9.17, 15) is 5.11 Å². The van der Waals surface area contributed by atoms with Gasteiger partial charge in [0.15, 0.2) is 5.79 Å². The van der Waals surface area contributed by atoms with Gasteiger partial charge in [0.1, 0.15) is 12.2 Å². The number of aliphatic hydroxyl groups is 1. The lowest BCUT2D eigenvalue weighted by Gasteiger charge is -2.47. The molecule has 1 heterocycles. The summed E-state index contributed by atoms with van der Waals surface area (Å²) in [6.45, 7) is 18.4. The van der Waals surface area contributed by atoms with E-state index in [4.69, 9.17) is 18.6 Å². The van der Waals surface area contributed by atoms with E-state index in [1.54, 1.807) is 7.11 Å². The maximum atomic E-state index is 10.5. The van der Waals surface area contributed by atoms with E-state index in [2.05, 4.69) is 59.0 Å². The maximum Gasteiger partial charge on any atom is 0.201 e. The van der Waals surface area contributed by atoms with Gasteiger partial charge in [-0.05, 0) is 36.0 Å². The van der Waals surface area contributed by atoms with E-state index in [0.717, 1.165) is 0 Å². The lowest BCUT2D eigenvalue weighted by molar-refractivity contribution is -0.151. The molecule has 6 nitrogen and oxygen atoms in total. The number of rotatable bonds is 13. The van der Waals surface area contributed by atoms with Crippen molar-refractivity contribution in [2.24, 2.45) is 0 Å². The summed E-state index contributed by atoms with van der Waals surface area (Å²) in [6.07, 6.45) is -1.08. The lowest BCUT2D eigenvalue weighted by Crippen LogP contribution is -2.60. The van der Waals surface area contributed by atoms with Gasteiger partial charge in [-0.1, -0.05) is 71.9 Å². The highest BCUT2D eigenvalue weighted by molar-refractivity contribution is 6.77. The fourth-order valence-electron chi connectivity index (χ4n) is 5.59. The summed E-state index contributed by atoms with van der Waals surface area (Å²) in [4.78, 5) is 0.